The summed E-state index contributed by atoms with van der Waals surface area (Å²) in [5.74, 6) is 0. The summed E-state index contributed by atoms with van der Waals surface area (Å²) in [7, 11) is 0. The molecule has 0 nitrogen and oxygen atoms in total. The van der Waals surface area contributed by atoms with Crippen molar-refractivity contribution in [3.63, 3.8) is 0 Å². The molecule has 0 rings (SSSR count). The third kappa shape index (κ3) is 20.5. The number of hydrogen-bond acceptors (Lipinski definition) is 0. The van der Waals surface area contributed by atoms with Crippen molar-refractivity contribution in [3.8, 4) is 0 Å². The van der Waals surface area contributed by atoms with Gasteiger partial charge in [-0.25, -0.2) is 0 Å². The quantitative estimate of drug-likeness (QED) is 0.177. The van der Waals surface area contributed by atoms with Crippen molar-refractivity contribution in [2.45, 2.75) is 127 Å². The Hall–Kier alpha value is 0.532. The average molecular weight is 312 g/mol. The lowest BCUT2D eigenvalue weighted by Gasteiger charge is -2.02. The lowest BCUT2D eigenvalue weighted by atomic mass is 10.1. The second-order valence-electron chi connectivity index (χ2n) is 6.82. The first-order chi connectivity index (χ1) is 10.4. The van der Waals surface area contributed by atoms with Gasteiger partial charge in [-0.15, -0.1) is 10.6 Å². The number of rotatable bonds is 18. The van der Waals surface area contributed by atoms with E-state index in [2.05, 4.69) is 13.8 Å². The molecule has 0 N–H and O–H groups in total. The van der Waals surface area contributed by atoms with E-state index in [1.165, 1.54) is 103 Å². The van der Waals surface area contributed by atoms with Gasteiger partial charge in [-0.3, -0.25) is 0 Å². The van der Waals surface area contributed by atoms with Crippen molar-refractivity contribution in [1.29, 1.82) is 0 Å². The minimum atomic E-state index is 0. The predicted octanol–water partition coefficient (Wildman–Crippen LogP) is 8.05. The predicted molar refractivity (Wildman–Crippen MR) is 103 cm³/mol. The molecule has 0 unspecified atom stereocenters. The van der Waals surface area contributed by atoms with Crippen LogP contribution in [0, 0.1) is 0 Å². The van der Waals surface area contributed by atoms with E-state index in [0.29, 0.717) is 0 Å². The van der Waals surface area contributed by atoms with Crippen LogP contribution in [0.2, 0.25) is 10.6 Å². The molecule has 21 heavy (non-hydrogen) atoms. The average Bonchev–Trinajstić information content (AvgIpc) is 2.50. The summed E-state index contributed by atoms with van der Waals surface area (Å²) < 4.78 is 0. The summed E-state index contributed by atoms with van der Waals surface area (Å²) in [6.45, 7) is 4.60. The SMILES string of the molecule is CCCCCCCCC[CH2][Al][CH2]CCCCCCCCC.[HH]. The van der Waals surface area contributed by atoms with Gasteiger partial charge in [0.1, 0.15) is 0 Å². The Bertz CT molecular complexity index is 155. The molecule has 0 saturated carbocycles. The first kappa shape index (κ1) is 21.5. The Balaban J connectivity index is 0. The zero-order valence-corrected chi connectivity index (χ0v) is 16.5. The van der Waals surface area contributed by atoms with Gasteiger partial charge < -0.3 is 0 Å². The Kier molecular flexibility index (Phi) is 21.1. The molecular formula is C20H44Al. The molecule has 0 atom stereocenters. The van der Waals surface area contributed by atoms with Crippen molar-refractivity contribution < 1.29 is 1.43 Å². The van der Waals surface area contributed by atoms with Gasteiger partial charge in [-0.1, -0.05) is 117 Å². The molecule has 0 bridgehead atoms. The molecule has 0 aliphatic heterocycles. The van der Waals surface area contributed by atoms with Gasteiger partial charge in [0.2, 0.25) is 0 Å². The minimum absolute atomic E-state index is 0. The third-order valence-corrected chi connectivity index (χ3v) is 6.16. The highest BCUT2D eigenvalue weighted by Crippen LogP contribution is 2.12. The van der Waals surface area contributed by atoms with Crippen molar-refractivity contribution in [2.75, 3.05) is 0 Å². The molecule has 0 aromatic heterocycles. The molecule has 0 aromatic carbocycles. The van der Waals surface area contributed by atoms with Crippen LogP contribution in [0.1, 0.15) is 118 Å². The maximum absolute atomic E-state index is 2.30. The standard InChI is InChI=1S/2C10H21.Al.H2/c2*1-3-5-7-9-10-8-6-4-2;;/h2*1,3-10H2,2H3;;1H. The molecule has 0 spiro atoms. The summed E-state index contributed by atoms with van der Waals surface area (Å²) >= 11 is 0.786. The summed E-state index contributed by atoms with van der Waals surface area (Å²) in [6.07, 6.45) is 23.6. The second-order valence-corrected chi connectivity index (χ2v) is 8.55. The van der Waals surface area contributed by atoms with Gasteiger partial charge in [0, 0.05) is 1.43 Å². The van der Waals surface area contributed by atoms with Crippen LogP contribution in [0.4, 0.5) is 0 Å². The van der Waals surface area contributed by atoms with Crippen LogP contribution in [-0.4, -0.2) is 15.2 Å². The molecule has 127 valence electrons. The van der Waals surface area contributed by atoms with Crippen molar-refractivity contribution in [1.82, 2.24) is 0 Å². The monoisotopic (exact) mass is 311 g/mol. The molecule has 0 heterocycles. The summed E-state index contributed by atoms with van der Waals surface area (Å²) in [6, 6.07) is 0. The Morgan fingerprint density at radius 1 is 0.429 bits per heavy atom. The van der Waals surface area contributed by atoms with Gasteiger partial charge in [0.05, 0.1) is 0 Å². The van der Waals surface area contributed by atoms with Crippen LogP contribution in [0.15, 0.2) is 0 Å². The van der Waals surface area contributed by atoms with E-state index in [9.17, 15) is 0 Å². The van der Waals surface area contributed by atoms with Crippen LogP contribution < -0.4 is 0 Å². The van der Waals surface area contributed by atoms with Gasteiger partial charge in [-0.2, -0.15) is 0 Å². The zero-order valence-electron chi connectivity index (χ0n) is 15.3. The van der Waals surface area contributed by atoms with E-state index in [0.717, 1.165) is 15.2 Å². The fourth-order valence-corrected chi connectivity index (χ4v) is 4.43. The molecule has 1 radical (unpaired) electrons. The fourth-order valence-electron chi connectivity index (χ4n) is 2.99. The van der Waals surface area contributed by atoms with E-state index in [4.69, 9.17) is 0 Å². The first-order valence-electron chi connectivity index (χ1n) is 10.2. The van der Waals surface area contributed by atoms with E-state index < -0.39 is 0 Å². The van der Waals surface area contributed by atoms with Gasteiger partial charge >= 0.3 is 0 Å². The summed E-state index contributed by atoms with van der Waals surface area (Å²) in [5, 5.41) is 3.15. The van der Waals surface area contributed by atoms with E-state index in [1.54, 1.807) is 10.6 Å². The zero-order chi connectivity index (χ0) is 15.4. The lowest BCUT2D eigenvalue weighted by Crippen LogP contribution is -1.90. The second kappa shape index (κ2) is 20.5. The first-order valence-corrected chi connectivity index (χ1v) is 11.9. The number of unbranched alkanes of at least 4 members (excludes halogenated alkanes) is 14. The van der Waals surface area contributed by atoms with Crippen LogP contribution in [0.25, 0.3) is 0 Å². The van der Waals surface area contributed by atoms with E-state index >= 15 is 0 Å². The highest BCUT2D eigenvalue weighted by atomic mass is 27.1. The van der Waals surface area contributed by atoms with Crippen molar-refractivity contribution >= 4 is 15.2 Å². The van der Waals surface area contributed by atoms with Crippen LogP contribution in [-0.2, 0) is 0 Å². The fraction of sp³-hybridized carbons (Fsp3) is 1.00. The van der Waals surface area contributed by atoms with Crippen LogP contribution in [0.3, 0.4) is 0 Å². The summed E-state index contributed by atoms with van der Waals surface area (Å²) in [4.78, 5) is 0. The maximum atomic E-state index is 2.30. The third-order valence-electron chi connectivity index (χ3n) is 4.52. The van der Waals surface area contributed by atoms with Crippen molar-refractivity contribution in [3.05, 3.63) is 0 Å². The van der Waals surface area contributed by atoms with Gasteiger partial charge in [-0.05, 0) is 0 Å². The largest absolute Gasteiger partial charge is 0.199 e. The molecule has 1 heteroatoms. The Morgan fingerprint density at radius 2 is 0.714 bits per heavy atom. The molecule has 0 aliphatic carbocycles. The minimum Gasteiger partial charge on any atom is -0.104 e. The molecular weight excluding hydrogens is 267 g/mol. The van der Waals surface area contributed by atoms with Crippen LogP contribution >= 0.6 is 0 Å². The Morgan fingerprint density at radius 3 is 1.05 bits per heavy atom. The number of hydrogen-bond donors (Lipinski definition) is 0. The highest BCUT2D eigenvalue weighted by molar-refractivity contribution is 6.35. The maximum Gasteiger partial charge on any atom is 0.199 e. The topological polar surface area (TPSA) is 0 Å². The summed E-state index contributed by atoms with van der Waals surface area (Å²) in [5.41, 5.74) is 0. The van der Waals surface area contributed by atoms with E-state index in [-0.39, 0.29) is 1.43 Å². The molecule has 0 aliphatic rings. The van der Waals surface area contributed by atoms with Gasteiger partial charge in [0.15, 0.2) is 15.2 Å². The normalized spacial score (nSPS) is 11.0. The Labute approximate surface area is 144 Å². The molecule has 0 saturated heterocycles. The molecule has 0 amide bonds. The lowest BCUT2D eigenvalue weighted by molar-refractivity contribution is 0.582. The highest BCUT2D eigenvalue weighted by Gasteiger charge is 1.96. The molecule has 0 aromatic rings. The van der Waals surface area contributed by atoms with Crippen molar-refractivity contribution in [2.24, 2.45) is 0 Å². The van der Waals surface area contributed by atoms with Gasteiger partial charge in [0.25, 0.3) is 0 Å². The van der Waals surface area contributed by atoms with E-state index in [1.807, 2.05) is 0 Å². The molecule has 0 fully saturated rings. The smallest absolute Gasteiger partial charge is 0.104 e. The van der Waals surface area contributed by atoms with Crippen LogP contribution in [0.5, 0.6) is 0 Å².